The molecule has 1 rings (SSSR count). The molecule has 1 aromatic rings. The first-order valence-corrected chi connectivity index (χ1v) is 5.29. The van der Waals surface area contributed by atoms with E-state index in [0.717, 1.165) is 0 Å². The number of halogens is 5. The van der Waals surface area contributed by atoms with E-state index in [4.69, 9.17) is 10.2 Å². The number of amides is 1. The molecule has 1 amide bonds. The Morgan fingerprint density at radius 1 is 1.14 bits per heavy atom. The smallest absolute Gasteiger partial charge is 0.416 e. The molecule has 1 unspecified atom stereocenters. The first kappa shape index (κ1) is 16.8. The van der Waals surface area contributed by atoms with Gasteiger partial charge in [0.05, 0.1) is 17.7 Å². The van der Waals surface area contributed by atoms with E-state index in [9.17, 15) is 31.5 Å². The maximum Gasteiger partial charge on any atom is 0.416 e. The number of rotatable bonds is 4. The largest absolute Gasteiger partial charge is 0.478 e. The summed E-state index contributed by atoms with van der Waals surface area (Å²) in [5, 5.41) is 19.0. The number of carbonyl (C=O) groups is 2. The third-order valence-electron chi connectivity index (χ3n) is 2.37. The number of aromatic carboxylic acids is 1. The molecule has 0 aromatic heterocycles. The number of alkyl halides is 3. The van der Waals surface area contributed by atoms with Crippen molar-refractivity contribution in [2.45, 2.75) is 12.3 Å². The molecule has 0 radical (unpaired) electrons. The van der Waals surface area contributed by atoms with E-state index in [1.165, 1.54) is 0 Å². The number of carboxylic acids is 1. The molecule has 0 spiro atoms. The van der Waals surface area contributed by atoms with E-state index in [1.807, 2.05) is 0 Å². The van der Waals surface area contributed by atoms with Gasteiger partial charge in [-0.2, -0.15) is 13.2 Å². The van der Waals surface area contributed by atoms with Crippen LogP contribution in [-0.2, 0) is 0 Å². The van der Waals surface area contributed by atoms with Gasteiger partial charge in [-0.15, -0.1) is 0 Å². The van der Waals surface area contributed by atoms with Crippen molar-refractivity contribution in [1.82, 2.24) is 5.32 Å². The predicted octanol–water partition coefficient (Wildman–Crippen LogP) is 1.32. The van der Waals surface area contributed by atoms with E-state index >= 15 is 0 Å². The lowest BCUT2D eigenvalue weighted by Crippen LogP contribution is -2.41. The Hall–Kier alpha value is -2.23. The number of carboxylic acid groups (broad SMARTS) is 1. The minimum Gasteiger partial charge on any atom is -0.478 e. The fourth-order valence-electron chi connectivity index (χ4n) is 1.31. The van der Waals surface area contributed by atoms with Crippen molar-refractivity contribution in [2.24, 2.45) is 0 Å². The van der Waals surface area contributed by atoms with Gasteiger partial charge in [0.25, 0.3) is 5.91 Å². The summed E-state index contributed by atoms with van der Waals surface area (Å²) in [6.07, 6.45) is -7.86. The molecule has 0 aliphatic rings. The molecule has 0 fully saturated rings. The van der Waals surface area contributed by atoms with Crippen LogP contribution in [0.5, 0.6) is 0 Å². The van der Waals surface area contributed by atoms with Crippen LogP contribution < -0.4 is 5.32 Å². The number of hydrogen-bond acceptors (Lipinski definition) is 3. The van der Waals surface area contributed by atoms with Crippen molar-refractivity contribution in [3.63, 3.8) is 0 Å². The summed E-state index contributed by atoms with van der Waals surface area (Å²) in [4.78, 5) is 22.3. The van der Waals surface area contributed by atoms with Crippen molar-refractivity contribution in [1.29, 1.82) is 0 Å². The molecular formula is C11H8F5NO4. The van der Waals surface area contributed by atoms with Gasteiger partial charge in [-0.1, -0.05) is 0 Å². The zero-order valence-electron chi connectivity index (χ0n) is 10.0. The van der Waals surface area contributed by atoms with Crippen LogP contribution in [0.4, 0.5) is 22.0 Å². The number of carbonyl (C=O) groups excluding carboxylic acids is 1. The second-order valence-electron chi connectivity index (χ2n) is 3.88. The molecule has 0 aliphatic carbocycles. The minimum absolute atomic E-state index is 0.229. The first-order valence-electron chi connectivity index (χ1n) is 5.29. The Kier molecular flexibility index (Phi) is 4.84. The van der Waals surface area contributed by atoms with E-state index in [0.29, 0.717) is 0 Å². The molecule has 0 saturated carbocycles. The van der Waals surface area contributed by atoms with Crippen LogP contribution in [0.3, 0.4) is 0 Å². The Labute approximate surface area is 114 Å². The molecule has 5 nitrogen and oxygen atoms in total. The molecule has 0 bridgehead atoms. The fourth-order valence-corrected chi connectivity index (χ4v) is 1.31. The van der Waals surface area contributed by atoms with Gasteiger partial charge >= 0.3 is 12.1 Å². The van der Waals surface area contributed by atoms with Crippen LogP contribution in [0.1, 0.15) is 20.7 Å². The van der Waals surface area contributed by atoms with Crippen molar-refractivity contribution in [3.8, 4) is 0 Å². The average molecular weight is 313 g/mol. The van der Waals surface area contributed by atoms with Gasteiger partial charge < -0.3 is 15.5 Å². The summed E-state index contributed by atoms with van der Waals surface area (Å²) in [6, 6.07) is 0.473. The number of aliphatic hydroxyl groups is 1. The van der Waals surface area contributed by atoms with Crippen molar-refractivity contribution in [3.05, 3.63) is 34.9 Å². The highest BCUT2D eigenvalue weighted by atomic mass is 19.4. The van der Waals surface area contributed by atoms with E-state index in [2.05, 4.69) is 0 Å². The SMILES string of the molecule is O=C(O)c1cc(F)c(F)cc1C(=O)NCC(O)C(F)(F)F. The summed E-state index contributed by atoms with van der Waals surface area (Å²) in [7, 11) is 0. The Bertz CT molecular complexity index is 572. The number of benzene rings is 1. The van der Waals surface area contributed by atoms with Crippen LogP contribution in [0.15, 0.2) is 12.1 Å². The molecule has 3 N–H and O–H groups in total. The molecular weight excluding hydrogens is 305 g/mol. The quantitative estimate of drug-likeness (QED) is 0.732. The Morgan fingerprint density at radius 3 is 2.05 bits per heavy atom. The summed E-state index contributed by atoms with van der Waals surface area (Å²) in [5.74, 6) is -6.23. The lowest BCUT2D eigenvalue weighted by molar-refractivity contribution is -0.201. The van der Waals surface area contributed by atoms with Gasteiger partial charge in [0.15, 0.2) is 17.7 Å². The highest BCUT2D eigenvalue weighted by Gasteiger charge is 2.38. The summed E-state index contributed by atoms with van der Waals surface area (Å²) in [5.41, 5.74) is -1.79. The van der Waals surface area contributed by atoms with E-state index < -0.39 is 53.5 Å². The van der Waals surface area contributed by atoms with E-state index in [1.54, 1.807) is 5.32 Å². The average Bonchev–Trinajstić information content (AvgIpc) is 2.36. The molecule has 1 atom stereocenters. The molecule has 0 aliphatic heterocycles. The Morgan fingerprint density at radius 2 is 1.62 bits per heavy atom. The molecule has 1 aromatic carbocycles. The highest BCUT2D eigenvalue weighted by molar-refractivity contribution is 6.04. The van der Waals surface area contributed by atoms with Gasteiger partial charge in [0.1, 0.15) is 0 Å². The van der Waals surface area contributed by atoms with E-state index in [-0.39, 0.29) is 12.1 Å². The number of nitrogens with one attached hydrogen (secondary N) is 1. The normalized spacial score (nSPS) is 12.9. The summed E-state index contributed by atoms with van der Waals surface area (Å²) >= 11 is 0. The van der Waals surface area contributed by atoms with Gasteiger partial charge in [0, 0.05) is 0 Å². The zero-order valence-corrected chi connectivity index (χ0v) is 10.0. The zero-order chi connectivity index (χ0) is 16.4. The lowest BCUT2D eigenvalue weighted by Gasteiger charge is -2.15. The standard InChI is InChI=1S/C11H8F5NO4/c12-6-1-4(5(10(20)21)2-7(6)13)9(19)17-3-8(18)11(14,15)16/h1-2,8,18H,3H2,(H,17,19)(H,20,21). The molecule has 116 valence electrons. The molecule has 0 heterocycles. The predicted molar refractivity (Wildman–Crippen MR) is 57.7 cm³/mol. The fraction of sp³-hybridized carbons (Fsp3) is 0.273. The van der Waals surface area contributed by atoms with Crippen molar-refractivity contribution in [2.75, 3.05) is 6.54 Å². The van der Waals surface area contributed by atoms with Crippen LogP contribution >= 0.6 is 0 Å². The summed E-state index contributed by atoms with van der Waals surface area (Å²) < 4.78 is 62.0. The molecule has 21 heavy (non-hydrogen) atoms. The summed E-state index contributed by atoms with van der Waals surface area (Å²) in [6.45, 7) is -1.26. The van der Waals surface area contributed by atoms with Crippen LogP contribution in [-0.4, -0.2) is 40.9 Å². The Balaban J connectivity index is 2.97. The maximum absolute atomic E-state index is 13.0. The van der Waals surface area contributed by atoms with Gasteiger partial charge in [-0.25, -0.2) is 13.6 Å². The minimum atomic E-state index is -4.99. The van der Waals surface area contributed by atoms with Crippen LogP contribution in [0.25, 0.3) is 0 Å². The topological polar surface area (TPSA) is 86.6 Å². The van der Waals surface area contributed by atoms with Crippen LogP contribution in [0, 0.1) is 11.6 Å². The lowest BCUT2D eigenvalue weighted by atomic mass is 10.1. The maximum atomic E-state index is 13.0. The van der Waals surface area contributed by atoms with Crippen molar-refractivity contribution >= 4 is 11.9 Å². The number of aliphatic hydroxyl groups excluding tert-OH is 1. The molecule has 0 saturated heterocycles. The second-order valence-corrected chi connectivity index (χ2v) is 3.88. The number of hydrogen-bond donors (Lipinski definition) is 3. The third kappa shape index (κ3) is 4.12. The van der Waals surface area contributed by atoms with Gasteiger partial charge in [-0.05, 0) is 12.1 Å². The third-order valence-corrected chi connectivity index (χ3v) is 2.37. The monoisotopic (exact) mass is 313 g/mol. The molecule has 10 heteroatoms. The van der Waals surface area contributed by atoms with Crippen molar-refractivity contribution < 1.29 is 41.8 Å². The van der Waals surface area contributed by atoms with Gasteiger partial charge in [0.2, 0.25) is 0 Å². The highest BCUT2D eigenvalue weighted by Crippen LogP contribution is 2.20. The van der Waals surface area contributed by atoms with Crippen LogP contribution in [0.2, 0.25) is 0 Å². The first-order chi connectivity index (χ1) is 9.54. The second kappa shape index (κ2) is 6.04. The van der Waals surface area contributed by atoms with Gasteiger partial charge in [-0.3, -0.25) is 4.79 Å².